The maximum Gasteiger partial charge on any atom is 0.225 e. The normalized spacial score (nSPS) is 22.8. The van der Waals surface area contributed by atoms with Crippen LogP contribution in [0.3, 0.4) is 0 Å². The van der Waals surface area contributed by atoms with Crippen LogP contribution in [0, 0.1) is 5.92 Å². The van der Waals surface area contributed by atoms with Crippen molar-refractivity contribution < 1.29 is 13.2 Å². The first-order valence-corrected chi connectivity index (χ1v) is 10.5. The van der Waals surface area contributed by atoms with E-state index >= 15 is 0 Å². The van der Waals surface area contributed by atoms with Crippen LogP contribution in [0.15, 0.2) is 0 Å². The lowest BCUT2D eigenvalue weighted by Gasteiger charge is -2.38. The summed E-state index contributed by atoms with van der Waals surface area (Å²) in [6, 6.07) is 0.0539. The monoisotopic (exact) mass is 330 g/mol. The maximum absolute atomic E-state index is 12.6. The molecule has 1 heterocycles. The number of hydrogen-bond acceptors (Lipinski definition) is 3. The van der Waals surface area contributed by atoms with Gasteiger partial charge >= 0.3 is 0 Å². The molecule has 0 aromatic carbocycles. The van der Waals surface area contributed by atoms with Crippen LogP contribution in [0.1, 0.15) is 58.3 Å². The molecule has 0 aromatic rings. The average molecular weight is 330 g/mol. The van der Waals surface area contributed by atoms with Gasteiger partial charge in [-0.3, -0.25) is 4.79 Å². The molecule has 0 N–H and O–H groups in total. The Labute approximate surface area is 135 Å². The van der Waals surface area contributed by atoms with Gasteiger partial charge in [0.05, 0.1) is 6.26 Å². The minimum absolute atomic E-state index is 0.0539. The third kappa shape index (κ3) is 4.44. The second-order valence-electron chi connectivity index (χ2n) is 6.71. The molecule has 6 heteroatoms. The number of sulfonamides is 1. The molecule has 1 aliphatic heterocycles. The third-order valence-corrected chi connectivity index (χ3v) is 6.53. The minimum Gasteiger partial charge on any atom is -0.342 e. The summed E-state index contributed by atoms with van der Waals surface area (Å²) >= 11 is 0. The van der Waals surface area contributed by atoms with E-state index < -0.39 is 10.0 Å². The molecule has 5 nitrogen and oxygen atoms in total. The molecule has 1 aliphatic carbocycles. The van der Waals surface area contributed by atoms with Crippen molar-refractivity contribution in [3.8, 4) is 0 Å². The predicted octanol–water partition coefficient (Wildman–Crippen LogP) is 2.23. The van der Waals surface area contributed by atoms with Crippen LogP contribution in [0.2, 0.25) is 0 Å². The van der Waals surface area contributed by atoms with E-state index in [-0.39, 0.29) is 12.0 Å². The van der Waals surface area contributed by atoms with Crippen LogP contribution in [0.5, 0.6) is 0 Å². The van der Waals surface area contributed by atoms with Crippen LogP contribution < -0.4 is 0 Å². The van der Waals surface area contributed by atoms with Crippen LogP contribution in [0.25, 0.3) is 0 Å². The zero-order valence-electron chi connectivity index (χ0n) is 14.0. The summed E-state index contributed by atoms with van der Waals surface area (Å²) in [5.41, 5.74) is 0. The Balaban J connectivity index is 1.89. The smallest absolute Gasteiger partial charge is 0.225 e. The SMILES string of the molecule is CCN(C1CCN(C(=O)C2CCCCCC2)CC1)S(C)(=O)=O. The fourth-order valence-electron chi connectivity index (χ4n) is 3.92. The number of nitrogens with zero attached hydrogens (tertiary/aromatic N) is 2. The van der Waals surface area contributed by atoms with Gasteiger partial charge in [0.1, 0.15) is 0 Å². The Hall–Kier alpha value is -0.620. The van der Waals surface area contributed by atoms with Crippen molar-refractivity contribution in [1.29, 1.82) is 0 Å². The summed E-state index contributed by atoms with van der Waals surface area (Å²) in [5, 5.41) is 0. The fourth-order valence-corrected chi connectivity index (χ4v) is 5.14. The maximum atomic E-state index is 12.6. The first-order valence-electron chi connectivity index (χ1n) is 8.69. The van der Waals surface area contributed by atoms with Gasteiger partial charge in [-0.25, -0.2) is 8.42 Å². The average Bonchev–Trinajstić information content (AvgIpc) is 2.75. The number of likely N-dealkylation sites (tertiary alicyclic amines) is 1. The topological polar surface area (TPSA) is 57.7 Å². The molecular formula is C16H30N2O3S. The molecule has 0 unspecified atom stereocenters. The molecule has 2 aliphatic rings. The Morgan fingerprint density at radius 1 is 1.05 bits per heavy atom. The lowest BCUT2D eigenvalue weighted by Crippen LogP contribution is -2.49. The van der Waals surface area contributed by atoms with Crippen molar-refractivity contribution in [2.24, 2.45) is 5.92 Å². The Morgan fingerprint density at radius 3 is 2.05 bits per heavy atom. The Bertz CT molecular complexity index is 462. The molecule has 0 radical (unpaired) electrons. The number of rotatable bonds is 4. The second-order valence-corrected chi connectivity index (χ2v) is 8.65. The summed E-state index contributed by atoms with van der Waals surface area (Å²) in [7, 11) is -3.15. The van der Waals surface area contributed by atoms with Gasteiger partial charge in [0, 0.05) is 31.6 Å². The highest BCUT2D eigenvalue weighted by molar-refractivity contribution is 7.88. The lowest BCUT2D eigenvalue weighted by molar-refractivity contribution is -0.137. The minimum atomic E-state index is -3.15. The molecule has 0 bridgehead atoms. The van der Waals surface area contributed by atoms with Gasteiger partial charge in [-0.2, -0.15) is 4.31 Å². The van der Waals surface area contributed by atoms with Crippen LogP contribution in [-0.2, 0) is 14.8 Å². The largest absolute Gasteiger partial charge is 0.342 e. The van der Waals surface area contributed by atoms with Crippen LogP contribution in [-0.4, -0.2) is 55.5 Å². The zero-order valence-corrected chi connectivity index (χ0v) is 14.8. The van der Waals surface area contributed by atoms with Crippen LogP contribution >= 0.6 is 0 Å². The van der Waals surface area contributed by atoms with Gasteiger partial charge in [-0.15, -0.1) is 0 Å². The molecule has 22 heavy (non-hydrogen) atoms. The van der Waals surface area contributed by atoms with E-state index in [9.17, 15) is 13.2 Å². The summed E-state index contributed by atoms with van der Waals surface area (Å²) in [6.07, 6.45) is 9.72. The van der Waals surface area contributed by atoms with Gasteiger partial charge in [-0.1, -0.05) is 32.6 Å². The number of carbonyl (C=O) groups excluding carboxylic acids is 1. The molecule has 0 atom stereocenters. The number of hydrogen-bond donors (Lipinski definition) is 0. The quantitative estimate of drug-likeness (QED) is 0.743. The third-order valence-electron chi connectivity index (χ3n) is 5.13. The molecule has 1 saturated carbocycles. The van der Waals surface area contributed by atoms with E-state index in [1.165, 1.54) is 31.9 Å². The van der Waals surface area contributed by atoms with E-state index in [1.807, 2.05) is 11.8 Å². The van der Waals surface area contributed by atoms with Crippen molar-refractivity contribution in [1.82, 2.24) is 9.21 Å². The number of piperidine rings is 1. The fraction of sp³-hybridized carbons (Fsp3) is 0.938. The van der Waals surface area contributed by atoms with Crippen LogP contribution in [0.4, 0.5) is 0 Å². The summed E-state index contributed by atoms with van der Waals surface area (Å²) < 4.78 is 25.2. The predicted molar refractivity (Wildman–Crippen MR) is 88.0 cm³/mol. The second kappa shape index (κ2) is 7.77. The van der Waals surface area contributed by atoms with Crippen molar-refractivity contribution in [3.63, 3.8) is 0 Å². The summed E-state index contributed by atoms with van der Waals surface area (Å²) in [4.78, 5) is 14.6. The molecule has 0 spiro atoms. The number of carbonyl (C=O) groups is 1. The van der Waals surface area contributed by atoms with Gasteiger partial charge in [0.15, 0.2) is 0 Å². The highest BCUT2D eigenvalue weighted by atomic mass is 32.2. The van der Waals surface area contributed by atoms with Gasteiger partial charge in [0.25, 0.3) is 0 Å². The van der Waals surface area contributed by atoms with E-state index in [0.29, 0.717) is 25.5 Å². The zero-order chi connectivity index (χ0) is 16.2. The highest BCUT2D eigenvalue weighted by Gasteiger charge is 2.32. The van der Waals surface area contributed by atoms with Gasteiger partial charge in [0.2, 0.25) is 15.9 Å². The highest BCUT2D eigenvalue weighted by Crippen LogP contribution is 2.27. The molecular weight excluding hydrogens is 300 g/mol. The molecule has 2 rings (SSSR count). The first kappa shape index (κ1) is 17.7. The summed E-state index contributed by atoms with van der Waals surface area (Å²) in [6.45, 7) is 3.79. The summed E-state index contributed by atoms with van der Waals surface area (Å²) in [5.74, 6) is 0.513. The van der Waals surface area contributed by atoms with E-state index in [0.717, 1.165) is 25.7 Å². The van der Waals surface area contributed by atoms with E-state index in [2.05, 4.69) is 0 Å². The molecule has 0 aromatic heterocycles. The van der Waals surface area contributed by atoms with Gasteiger partial charge in [-0.05, 0) is 25.7 Å². The first-order chi connectivity index (χ1) is 10.4. The van der Waals surface area contributed by atoms with Crippen molar-refractivity contribution in [3.05, 3.63) is 0 Å². The Kier molecular flexibility index (Phi) is 6.26. The lowest BCUT2D eigenvalue weighted by atomic mass is 9.96. The molecule has 128 valence electrons. The number of amides is 1. The molecule has 1 amide bonds. The molecule has 1 saturated heterocycles. The van der Waals surface area contributed by atoms with E-state index in [4.69, 9.17) is 0 Å². The van der Waals surface area contributed by atoms with Crippen molar-refractivity contribution in [2.75, 3.05) is 25.9 Å². The molecule has 2 fully saturated rings. The van der Waals surface area contributed by atoms with E-state index in [1.54, 1.807) is 4.31 Å². The van der Waals surface area contributed by atoms with Gasteiger partial charge < -0.3 is 4.90 Å². The van der Waals surface area contributed by atoms with Crippen molar-refractivity contribution in [2.45, 2.75) is 64.3 Å². The standard InChI is InChI=1S/C16H30N2O3S/c1-3-18(22(2,20)21)15-10-12-17(13-11-15)16(19)14-8-6-4-5-7-9-14/h14-15H,3-13H2,1-2H3. The Morgan fingerprint density at radius 2 is 1.59 bits per heavy atom. The van der Waals surface area contributed by atoms with Crippen molar-refractivity contribution >= 4 is 15.9 Å².